The van der Waals surface area contributed by atoms with E-state index >= 15 is 0 Å². The molecule has 1 spiro atoms. The SMILES string of the molecule is CC[C@@H](CO)N1C(=O)[C@H]2[C@@H]3C(=O)O[C@@H](c4ccccc4)[C@H](COC)NC(=O)CC/C=C\[C@@H]3O[C@]23C=CCN(c2c(C)cccc2C)C(=O)[C@H]13. The predicted molar refractivity (Wildman–Crippen MR) is 181 cm³/mol. The predicted octanol–water partition coefficient (Wildman–Crippen LogP) is 3.32. The second-order valence-electron chi connectivity index (χ2n) is 13.3. The fourth-order valence-corrected chi connectivity index (χ4v) is 8.07. The number of fused-ring (bicyclic) bond motifs is 2. The lowest BCUT2D eigenvalue weighted by Gasteiger charge is -2.38. The van der Waals surface area contributed by atoms with Crippen LogP contribution in [-0.2, 0) is 33.4 Å². The summed E-state index contributed by atoms with van der Waals surface area (Å²) in [6.07, 6.45) is 6.15. The van der Waals surface area contributed by atoms with Crippen LogP contribution in [0.2, 0.25) is 0 Å². The molecule has 0 bridgehead atoms. The summed E-state index contributed by atoms with van der Waals surface area (Å²) >= 11 is 0. The van der Waals surface area contributed by atoms with E-state index in [-0.39, 0.29) is 38.0 Å². The first-order chi connectivity index (χ1) is 23.7. The highest BCUT2D eigenvalue weighted by molar-refractivity contribution is 6.06. The van der Waals surface area contributed by atoms with Crippen LogP contribution >= 0.6 is 0 Å². The lowest BCUT2D eigenvalue weighted by molar-refractivity contribution is -0.162. The summed E-state index contributed by atoms with van der Waals surface area (Å²) in [4.78, 5) is 60.4. The molecule has 49 heavy (non-hydrogen) atoms. The minimum absolute atomic E-state index is 0.0707. The van der Waals surface area contributed by atoms with Gasteiger partial charge in [-0.3, -0.25) is 19.2 Å². The van der Waals surface area contributed by atoms with Gasteiger partial charge < -0.3 is 34.4 Å². The van der Waals surface area contributed by atoms with E-state index in [1.54, 1.807) is 23.1 Å². The van der Waals surface area contributed by atoms with Gasteiger partial charge in [-0.2, -0.15) is 0 Å². The van der Waals surface area contributed by atoms with E-state index in [1.165, 1.54) is 12.0 Å². The van der Waals surface area contributed by atoms with Gasteiger partial charge in [0.1, 0.15) is 23.7 Å². The molecule has 4 aliphatic heterocycles. The molecule has 4 heterocycles. The molecule has 0 aromatic heterocycles. The average Bonchev–Trinajstić information content (AvgIpc) is 3.48. The summed E-state index contributed by atoms with van der Waals surface area (Å²) < 4.78 is 18.6. The number of carbonyl (C=O) groups excluding carboxylic acids is 4. The smallest absolute Gasteiger partial charge is 0.313 e. The first-order valence-corrected chi connectivity index (χ1v) is 17.0. The molecule has 3 amide bonds. The van der Waals surface area contributed by atoms with Gasteiger partial charge in [0.15, 0.2) is 0 Å². The van der Waals surface area contributed by atoms with Gasteiger partial charge in [-0.15, -0.1) is 0 Å². The maximum absolute atomic E-state index is 14.9. The molecule has 11 nitrogen and oxygen atoms in total. The van der Waals surface area contributed by atoms with Gasteiger partial charge in [0.25, 0.3) is 5.91 Å². The van der Waals surface area contributed by atoms with E-state index < -0.39 is 59.6 Å². The van der Waals surface area contributed by atoms with Crippen molar-refractivity contribution in [2.75, 3.05) is 31.8 Å². The van der Waals surface area contributed by atoms with Crippen molar-refractivity contribution in [1.29, 1.82) is 0 Å². The fraction of sp³-hybridized carbons (Fsp3) is 0.474. The van der Waals surface area contributed by atoms with Crippen LogP contribution < -0.4 is 10.2 Å². The molecule has 2 aromatic rings. The molecule has 6 rings (SSSR count). The topological polar surface area (TPSA) is 135 Å². The number of allylic oxidation sites excluding steroid dienone is 1. The number of cyclic esters (lactones) is 1. The van der Waals surface area contributed by atoms with Crippen molar-refractivity contribution in [3.05, 3.63) is 89.5 Å². The zero-order valence-electron chi connectivity index (χ0n) is 28.4. The van der Waals surface area contributed by atoms with E-state index in [0.29, 0.717) is 18.4 Å². The van der Waals surface area contributed by atoms with Gasteiger partial charge in [0.2, 0.25) is 11.8 Å². The van der Waals surface area contributed by atoms with E-state index in [9.17, 15) is 24.3 Å². The molecule has 4 aliphatic rings. The van der Waals surface area contributed by atoms with Crippen molar-refractivity contribution in [2.45, 2.75) is 76.0 Å². The van der Waals surface area contributed by atoms with Gasteiger partial charge in [0, 0.05) is 25.8 Å². The van der Waals surface area contributed by atoms with Crippen LogP contribution in [0, 0.1) is 25.7 Å². The minimum Gasteiger partial charge on any atom is -0.455 e. The number of aliphatic hydroxyl groups is 1. The number of benzene rings is 2. The molecule has 0 unspecified atom stereocenters. The number of nitrogens with one attached hydrogen (secondary N) is 1. The molecule has 2 aromatic carbocycles. The Bertz CT molecular complexity index is 1620. The number of nitrogens with zero attached hydrogens (tertiary/aromatic N) is 2. The summed E-state index contributed by atoms with van der Waals surface area (Å²) in [5.41, 5.74) is 1.68. The van der Waals surface area contributed by atoms with Crippen LogP contribution in [0.25, 0.3) is 0 Å². The van der Waals surface area contributed by atoms with Crippen LogP contribution in [0.3, 0.4) is 0 Å². The van der Waals surface area contributed by atoms with Crippen molar-refractivity contribution < 1.29 is 38.5 Å². The second-order valence-corrected chi connectivity index (χ2v) is 13.3. The van der Waals surface area contributed by atoms with Gasteiger partial charge in [-0.25, -0.2) is 0 Å². The van der Waals surface area contributed by atoms with Crippen LogP contribution in [0.4, 0.5) is 5.69 Å². The molecule has 0 aliphatic carbocycles. The van der Waals surface area contributed by atoms with E-state index in [0.717, 1.165) is 16.8 Å². The van der Waals surface area contributed by atoms with Crippen molar-refractivity contribution >= 4 is 29.4 Å². The zero-order valence-corrected chi connectivity index (χ0v) is 28.4. The number of hydrogen-bond donors (Lipinski definition) is 2. The Morgan fingerprint density at radius 1 is 1.02 bits per heavy atom. The van der Waals surface area contributed by atoms with E-state index in [2.05, 4.69) is 5.32 Å². The summed E-state index contributed by atoms with van der Waals surface area (Å²) in [6, 6.07) is 12.3. The average molecular weight is 672 g/mol. The largest absolute Gasteiger partial charge is 0.455 e. The number of anilines is 1. The van der Waals surface area contributed by atoms with Crippen LogP contribution in [0.1, 0.15) is 49.0 Å². The molecule has 2 saturated heterocycles. The van der Waals surface area contributed by atoms with E-state index in [4.69, 9.17) is 14.2 Å². The number of esters is 1. The molecular formula is C38H45N3O8. The normalized spacial score (nSPS) is 31.4. The quantitative estimate of drug-likeness (QED) is 0.338. The minimum atomic E-state index is -1.52. The third-order valence-electron chi connectivity index (χ3n) is 10.3. The number of hydrogen-bond acceptors (Lipinski definition) is 8. The Labute approximate surface area is 286 Å². The highest BCUT2D eigenvalue weighted by Crippen LogP contribution is 2.54. The first-order valence-electron chi connectivity index (χ1n) is 17.0. The molecule has 8 atom stereocenters. The number of aryl methyl sites for hydroxylation is 2. The Kier molecular flexibility index (Phi) is 10.1. The fourth-order valence-electron chi connectivity index (χ4n) is 8.07. The van der Waals surface area contributed by atoms with Crippen LogP contribution in [-0.4, -0.2) is 90.4 Å². The number of carbonyl (C=O) groups is 4. The molecular weight excluding hydrogens is 626 g/mol. The standard InChI is InChI=1S/C38H45N3O8/c1-5-26(21-42)41-34-36(45)40(32-23(2)13-11-14-24(32)3)20-12-19-38(34)31(35(41)44)30-28(49-38)17-9-10-18-29(43)39-27(22-47-4)33(48-37(30)46)25-15-7-6-8-16-25/h6-9,11-17,19,26-28,30-31,33-34,42H,5,10,18,20-22H2,1-4H3,(H,39,43)/b17-9-/t26-,27-,28-,30+,31+,33-,34-,38+/m0/s1. The summed E-state index contributed by atoms with van der Waals surface area (Å²) in [5.74, 6) is -3.96. The van der Waals surface area contributed by atoms with Crippen LogP contribution in [0.15, 0.2) is 72.8 Å². The molecule has 2 fully saturated rings. The molecule has 11 heteroatoms. The second kappa shape index (κ2) is 14.3. The number of aliphatic hydroxyl groups excluding tert-OH is 1. The van der Waals surface area contributed by atoms with Gasteiger partial charge in [-0.05, 0) is 43.4 Å². The maximum Gasteiger partial charge on any atom is 0.313 e. The zero-order chi connectivity index (χ0) is 34.9. The highest BCUT2D eigenvalue weighted by atomic mass is 16.6. The third kappa shape index (κ3) is 6.08. The third-order valence-corrected chi connectivity index (χ3v) is 10.3. The monoisotopic (exact) mass is 671 g/mol. The molecule has 260 valence electrons. The Morgan fingerprint density at radius 3 is 2.43 bits per heavy atom. The number of para-hydroxylation sites is 1. The lowest BCUT2D eigenvalue weighted by atomic mass is 9.77. The number of methoxy groups -OCH3 is 1. The lowest BCUT2D eigenvalue weighted by Crippen LogP contribution is -2.58. The van der Waals surface area contributed by atoms with Gasteiger partial charge >= 0.3 is 5.97 Å². The van der Waals surface area contributed by atoms with Gasteiger partial charge in [-0.1, -0.05) is 79.8 Å². The number of rotatable bonds is 7. The van der Waals surface area contributed by atoms with Crippen molar-refractivity contribution in [1.82, 2.24) is 10.2 Å². The summed E-state index contributed by atoms with van der Waals surface area (Å²) in [5, 5.41) is 13.5. The highest BCUT2D eigenvalue weighted by Gasteiger charge is 2.72. The van der Waals surface area contributed by atoms with Crippen molar-refractivity contribution in [3.63, 3.8) is 0 Å². The molecule has 0 radical (unpaired) electrons. The maximum atomic E-state index is 14.9. The van der Waals surface area contributed by atoms with Crippen molar-refractivity contribution in [3.8, 4) is 0 Å². The molecule has 2 N–H and O–H groups in total. The molecule has 0 saturated carbocycles. The number of likely N-dealkylation sites (tertiary alicyclic amines) is 1. The number of ether oxygens (including phenoxy) is 3. The number of amides is 3. The Balaban J connectivity index is 1.48. The Hall–Kier alpha value is -4.32. The van der Waals surface area contributed by atoms with E-state index in [1.807, 2.05) is 75.4 Å². The summed E-state index contributed by atoms with van der Waals surface area (Å²) in [6.45, 7) is 5.66. The van der Waals surface area contributed by atoms with Crippen LogP contribution in [0.5, 0.6) is 0 Å². The van der Waals surface area contributed by atoms with Crippen molar-refractivity contribution in [2.24, 2.45) is 11.8 Å². The Morgan fingerprint density at radius 2 is 1.76 bits per heavy atom. The van der Waals surface area contributed by atoms with Gasteiger partial charge in [0.05, 0.1) is 37.3 Å². The summed E-state index contributed by atoms with van der Waals surface area (Å²) in [7, 11) is 1.51. The first kappa shape index (κ1) is 34.5.